The Labute approximate surface area is 127 Å². The molecule has 0 radical (unpaired) electrons. The van der Waals surface area contributed by atoms with Crippen LogP contribution in [0.25, 0.3) is 0 Å². The molecule has 0 bridgehead atoms. The van der Waals surface area contributed by atoms with Gasteiger partial charge < -0.3 is 4.90 Å². The van der Waals surface area contributed by atoms with Crippen LogP contribution in [0.4, 0.5) is 5.69 Å². The van der Waals surface area contributed by atoms with Gasteiger partial charge >= 0.3 is 0 Å². The van der Waals surface area contributed by atoms with Crippen molar-refractivity contribution in [2.24, 2.45) is 0 Å². The van der Waals surface area contributed by atoms with Crippen LogP contribution in [-0.2, 0) is 17.6 Å². The number of rotatable bonds is 2. The molecule has 1 heterocycles. The molecular weight excluding hydrogens is 293 g/mol. The molecule has 1 amide bonds. The summed E-state index contributed by atoms with van der Waals surface area (Å²) < 4.78 is 0. The molecule has 0 aromatic heterocycles. The molecule has 2 aromatic carbocycles. The molecule has 102 valence electrons. The van der Waals surface area contributed by atoms with Crippen LogP contribution in [0.5, 0.6) is 0 Å². The van der Waals surface area contributed by atoms with Gasteiger partial charge in [0.25, 0.3) is 0 Å². The maximum absolute atomic E-state index is 12.5. The predicted molar refractivity (Wildman–Crippen MR) is 82.7 cm³/mol. The minimum Gasteiger partial charge on any atom is -0.312 e. The summed E-state index contributed by atoms with van der Waals surface area (Å²) >= 11 is 12.3. The number of halogens is 2. The molecule has 3 rings (SSSR count). The van der Waals surface area contributed by atoms with E-state index in [2.05, 4.69) is 6.07 Å². The maximum atomic E-state index is 12.5. The van der Waals surface area contributed by atoms with Crippen LogP contribution in [0, 0.1) is 0 Å². The summed E-state index contributed by atoms with van der Waals surface area (Å²) in [6, 6.07) is 13.3. The molecule has 20 heavy (non-hydrogen) atoms. The number of para-hydroxylation sites is 1. The van der Waals surface area contributed by atoms with Gasteiger partial charge in [-0.15, -0.1) is 0 Å². The van der Waals surface area contributed by atoms with E-state index in [4.69, 9.17) is 23.2 Å². The lowest BCUT2D eigenvalue weighted by atomic mass is 10.1. The number of carbonyl (C=O) groups excluding carboxylic acids is 1. The summed E-state index contributed by atoms with van der Waals surface area (Å²) in [4.78, 5) is 14.3. The quantitative estimate of drug-likeness (QED) is 0.817. The lowest BCUT2D eigenvalue weighted by Crippen LogP contribution is -2.30. The molecular formula is C16H13Cl2NO. The van der Waals surface area contributed by atoms with Crippen molar-refractivity contribution in [3.8, 4) is 0 Å². The number of hydrogen-bond acceptors (Lipinski definition) is 1. The Morgan fingerprint density at radius 3 is 2.50 bits per heavy atom. The second-order valence-electron chi connectivity index (χ2n) is 4.80. The summed E-state index contributed by atoms with van der Waals surface area (Å²) in [7, 11) is 0. The summed E-state index contributed by atoms with van der Waals surface area (Å²) in [5.74, 6) is 0.0324. The third-order valence-electron chi connectivity index (χ3n) is 3.58. The van der Waals surface area contributed by atoms with E-state index in [1.54, 1.807) is 18.2 Å². The minimum atomic E-state index is 0.0324. The zero-order valence-corrected chi connectivity index (χ0v) is 12.3. The number of fused-ring (bicyclic) bond motifs is 1. The molecule has 1 aliphatic heterocycles. The Morgan fingerprint density at radius 2 is 1.75 bits per heavy atom. The standard InChI is InChI=1S/C16H13Cl2NO/c17-13-5-3-6-14(18)12(13)10-16(20)19-9-8-11-4-1-2-7-15(11)19/h1-7H,8-10H2. The lowest BCUT2D eigenvalue weighted by molar-refractivity contribution is -0.117. The number of nitrogens with zero attached hydrogens (tertiary/aromatic N) is 1. The van der Waals surface area contributed by atoms with Crippen molar-refractivity contribution in [3.05, 3.63) is 63.6 Å². The fourth-order valence-corrected chi connectivity index (χ4v) is 3.08. The molecule has 0 spiro atoms. The Morgan fingerprint density at radius 1 is 1.05 bits per heavy atom. The van der Waals surface area contributed by atoms with Crippen molar-refractivity contribution in [2.75, 3.05) is 11.4 Å². The van der Waals surface area contributed by atoms with Gasteiger partial charge in [0.1, 0.15) is 0 Å². The van der Waals surface area contributed by atoms with Crippen LogP contribution in [0.3, 0.4) is 0 Å². The number of amides is 1. The van der Waals surface area contributed by atoms with E-state index in [9.17, 15) is 4.79 Å². The van der Waals surface area contributed by atoms with E-state index in [-0.39, 0.29) is 12.3 Å². The van der Waals surface area contributed by atoms with Crippen molar-refractivity contribution < 1.29 is 4.79 Å². The normalized spacial score (nSPS) is 13.4. The number of benzene rings is 2. The van der Waals surface area contributed by atoms with E-state index in [1.807, 2.05) is 23.1 Å². The van der Waals surface area contributed by atoms with E-state index in [0.29, 0.717) is 15.6 Å². The molecule has 1 aliphatic rings. The van der Waals surface area contributed by atoms with Crippen LogP contribution in [0.1, 0.15) is 11.1 Å². The largest absolute Gasteiger partial charge is 0.312 e. The minimum absolute atomic E-state index is 0.0324. The summed E-state index contributed by atoms with van der Waals surface area (Å²) in [6.07, 6.45) is 1.13. The zero-order chi connectivity index (χ0) is 14.1. The summed E-state index contributed by atoms with van der Waals surface area (Å²) in [5, 5.41) is 1.08. The Bertz CT molecular complexity index is 649. The van der Waals surface area contributed by atoms with E-state index in [0.717, 1.165) is 18.7 Å². The predicted octanol–water partition coefficient (Wildman–Crippen LogP) is 4.13. The first kappa shape index (κ1) is 13.5. The van der Waals surface area contributed by atoms with Crippen molar-refractivity contribution in [1.82, 2.24) is 0 Å². The van der Waals surface area contributed by atoms with Gasteiger partial charge in [0.05, 0.1) is 6.42 Å². The van der Waals surface area contributed by atoms with Crippen LogP contribution in [0.15, 0.2) is 42.5 Å². The highest BCUT2D eigenvalue weighted by Crippen LogP contribution is 2.30. The topological polar surface area (TPSA) is 20.3 Å². The van der Waals surface area contributed by atoms with Gasteiger partial charge in [-0.3, -0.25) is 4.79 Å². The number of anilines is 1. The van der Waals surface area contributed by atoms with Crippen LogP contribution in [-0.4, -0.2) is 12.5 Å². The molecule has 0 atom stereocenters. The molecule has 0 unspecified atom stereocenters. The number of carbonyl (C=O) groups is 1. The van der Waals surface area contributed by atoms with Gasteiger partial charge in [-0.25, -0.2) is 0 Å². The van der Waals surface area contributed by atoms with Crippen LogP contribution in [0.2, 0.25) is 10.0 Å². The van der Waals surface area contributed by atoms with E-state index in [1.165, 1.54) is 5.56 Å². The van der Waals surface area contributed by atoms with Gasteiger partial charge in [-0.2, -0.15) is 0 Å². The fourth-order valence-electron chi connectivity index (χ4n) is 2.55. The van der Waals surface area contributed by atoms with Crippen LogP contribution >= 0.6 is 23.2 Å². The molecule has 0 saturated carbocycles. The summed E-state index contributed by atoms with van der Waals surface area (Å²) in [6.45, 7) is 0.722. The Balaban J connectivity index is 1.85. The van der Waals surface area contributed by atoms with Gasteiger partial charge in [-0.1, -0.05) is 47.5 Å². The Kier molecular flexibility index (Phi) is 3.68. The van der Waals surface area contributed by atoms with Crippen LogP contribution < -0.4 is 4.90 Å². The van der Waals surface area contributed by atoms with Gasteiger partial charge in [0.15, 0.2) is 0 Å². The third kappa shape index (κ3) is 2.41. The molecule has 0 fully saturated rings. The number of hydrogen-bond donors (Lipinski definition) is 0. The van der Waals surface area contributed by atoms with E-state index >= 15 is 0 Å². The average Bonchev–Trinajstić information content (AvgIpc) is 2.87. The highest BCUT2D eigenvalue weighted by atomic mass is 35.5. The SMILES string of the molecule is O=C(Cc1c(Cl)cccc1Cl)N1CCc2ccccc21. The maximum Gasteiger partial charge on any atom is 0.231 e. The molecule has 0 N–H and O–H groups in total. The van der Waals surface area contributed by atoms with Crippen molar-refractivity contribution in [2.45, 2.75) is 12.8 Å². The molecule has 0 saturated heterocycles. The van der Waals surface area contributed by atoms with E-state index < -0.39 is 0 Å². The summed E-state index contributed by atoms with van der Waals surface area (Å²) in [5.41, 5.74) is 2.91. The monoisotopic (exact) mass is 305 g/mol. The van der Waals surface area contributed by atoms with Gasteiger partial charge in [0, 0.05) is 22.3 Å². The lowest BCUT2D eigenvalue weighted by Gasteiger charge is -2.18. The third-order valence-corrected chi connectivity index (χ3v) is 4.29. The average molecular weight is 306 g/mol. The van der Waals surface area contributed by atoms with Gasteiger partial charge in [-0.05, 0) is 35.7 Å². The van der Waals surface area contributed by atoms with Gasteiger partial charge in [0.2, 0.25) is 5.91 Å². The van der Waals surface area contributed by atoms with Crippen molar-refractivity contribution >= 4 is 34.8 Å². The fraction of sp³-hybridized carbons (Fsp3) is 0.188. The van der Waals surface area contributed by atoms with Crippen molar-refractivity contribution in [1.29, 1.82) is 0 Å². The molecule has 0 aliphatic carbocycles. The second kappa shape index (κ2) is 5.47. The van der Waals surface area contributed by atoms with Crippen molar-refractivity contribution in [3.63, 3.8) is 0 Å². The second-order valence-corrected chi connectivity index (χ2v) is 5.62. The first-order valence-electron chi connectivity index (χ1n) is 6.48. The first-order valence-corrected chi connectivity index (χ1v) is 7.23. The smallest absolute Gasteiger partial charge is 0.231 e. The molecule has 2 aromatic rings. The zero-order valence-electron chi connectivity index (χ0n) is 10.8. The highest BCUT2D eigenvalue weighted by molar-refractivity contribution is 6.36. The highest BCUT2D eigenvalue weighted by Gasteiger charge is 2.25. The first-order chi connectivity index (χ1) is 9.66. The molecule has 2 nitrogen and oxygen atoms in total. The Hall–Kier alpha value is -1.51. The molecule has 4 heteroatoms.